The first-order chi connectivity index (χ1) is 8.65. The third-order valence-corrected chi connectivity index (χ3v) is 3.52. The van der Waals surface area contributed by atoms with Crippen LogP contribution in [-0.4, -0.2) is 31.2 Å². The van der Waals surface area contributed by atoms with Gasteiger partial charge in [0, 0.05) is 18.4 Å². The Kier molecular flexibility index (Phi) is 4.03. The monoisotopic (exact) mass is 315 g/mol. The zero-order valence-electron chi connectivity index (χ0n) is 9.76. The lowest BCUT2D eigenvalue weighted by molar-refractivity contribution is -0.383. The molecule has 1 heterocycles. The first kappa shape index (κ1) is 13.1. The van der Waals surface area contributed by atoms with Crippen LogP contribution >= 0.6 is 15.9 Å². The largest absolute Gasteiger partial charge is 0.393 e. The molecule has 0 spiro atoms. The molecule has 0 atom stereocenters. The van der Waals surface area contributed by atoms with E-state index in [9.17, 15) is 10.1 Å². The van der Waals surface area contributed by atoms with Crippen LogP contribution in [-0.2, 0) is 10.1 Å². The predicted molar refractivity (Wildman–Crippen MR) is 73.2 cm³/mol. The molecule has 0 radical (unpaired) electrons. The highest BCUT2D eigenvalue weighted by atomic mass is 79.9. The van der Waals surface area contributed by atoms with Gasteiger partial charge in [-0.25, -0.2) is 0 Å². The van der Waals surface area contributed by atoms with E-state index in [1.807, 2.05) is 11.0 Å². The smallest absolute Gasteiger partial charge is 0.315 e. The van der Waals surface area contributed by atoms with Crippen LogP contribution in [0.4, 0.5) is 17.1 Å². The van der Waals surface area contributed by atoms with Crippen LogP contribution in [0, 0.1) is 10.1 Å². The molecule has 0 bridgehead atoms. The maximum atomic E-state index is 11.2. The summed E-state index contributed by atoms with van der Waals surface area (Å²) < 4.78 is 5.27. The van der Waals surface area contributed by atoms with Crippen molar-refractivity contribution in [3.63, 3.8) is 0 Å². The summed E-state index contributed by atoms with van der Waals surface area (Å²) in [6.45, 7) is 2.44. The SMILES string of the molecule is Nc1ccc(CBr)c(N2CCOCC2)c1[N+](=O)[O-]. The number of rotatable bonds is 3. The molecule has 1 saturated heterocycles. The van der Waals surface area contributed by atoms with Crippen molar-refractivity contribution >= 4 is 33.0 Å². The zero-order valence-corrected chi connectivity index (χ0v) is 11.4. The molecule has 18 heavy (non-hydrogen) atoms. The quantitative estimate of drug-likeness (QED) is 0.399. The van der Waals surface area contributed by atoms with E-state index in [1.54, 1.807) is 6.07 Å². The van der Waals surface area contributed by atoms with E-state index in [-0.39, 0.29) is 11.4 Å². The maximum Gasteiger partial charge on any atom is 0.315 e. The number of nitrogen functional groups attached to an aromatic ring is 1. The fraction of sp³-hybridized carbons (Fsp3) is 0.455. The number of nitro benzene ring substituents is 1. The molecule has 6 nitrogen and oxygen atoms in total. The predicted octanol–water partition coefficient (Wildman–Crippen LogP) is 1.91. The minimum atomic E-state index is -0.410. The average Bonchev–Trinajstić information content (AvgIpc) is 2.39. The summed E-state index contributed by atoms with van der Waals surface area (Å²) >= 11 is 3.36. The van der Waals surface area contributed by atoms with E-state index >= 15 is 0 Å². The molecule has 0 amide bonds. The summed E-state index contributed by atoms with van der Waals surface area (Å²) in [5, 5.41) is 11.8. The van der Waals surface area contributed by atoms with Gasteiger partial charge in [0.05, 0.1) is 18.1 Å². The highest BCUT2D eigenvalue weighted by molar-refractivity contribution is 9.08. The summed E-state index contributed by atoms with van der Waals surface area (Å²) in [5.74, 6) is 0. The Bertz CT molecular complexity index is 461. The zero-order chi connectivity index (χ0) is 13.1. The molecule has 1 fully saturated rings. The van der Waals surface area contributed by atoms with Gasteiger partial charge < -0.3 is 15.4 Å². The molecule has 7 heteroatoms. The van der Waals surface area contributed by atoms with Gasteiger partial charge in [-0.3, -0.25) is 10.1 Å². The van der Waals surface area contributed by atoms with Gasteiger partial charge in [-0.1, -0.05) is 22.0 Å². The third-order valence-electron chi connectivity index (χ3n) is 2.92. The van der Waals surface area contributed by atoms with Crippen molar-refractivity contribution in [2.45, 2.75) is 5.33 Å². The van der Waals surface area contributed by atoms with Gasteiger partial charge in [0.25, 0.3) is 0 Å². The maximum absolute atomic E-state index is 11.2. The number of anilines is 2. The van der Waals surface area contributed by atoms with E-state index < -0.39 is 4.92 Å². The van der Waals surface area contributed by atoms with E-state index in [4.69, 9.17) is 10.5 Å². The van der Waals surface area contributed by atoms with Crippen LogP contribution < -0.4 is 10.6 Å². The number of morpholine rings is 1. The summed E-state index contributed by atoms with van der Waals surface area (Å²) in [6.07, 6.45) is 0. The standard InChI is InChI=1S/C11H14BrN3O3/c12-7-8-1-2-9(13)11(15(16)17)10(8)14-3-5-18-6-4-14/h1-2H,3-7,13H2. The number of nitro groups is 1. The molecule has 0 saturated carbocycles. The molecular formula is C11H14BrN3O3. The number of hydrogen-bond donors (Lipinski definition) is 1. The first-order valence-corrected chi connectivity index (χ1v) is 6.71. The fourth-order valence-corrected chi connectivity index (χ4v) is 2.53. The Morgan fingerprint density at radius 3 is 2.67 bits per heavy atom. The van der Waals surface area contributed by atoms with Gasteiger partial charge in [0.15, 0.2) is 0 Å². The van der Waals surface area contributed by atoms with Gasteiger partial charge in [-0.15, -0.1) is 0 Å². The Morgan fingerprint density at radius 2 is 2.11 bits per heavy atom. The molecule has 1 aliphatic heterocycles. The molecule has 98 valence electrons. The van der Waals surface area contributed by atoms with Crippen molar-refractivity contribution in [1.82, 2.24) is 0 Å². The fourth-order valence-electron chi connectivity index (χ4n) is 2.08. The second-order valence-electron chi connectivity index (χ2n) is 4.00. The van der Waals surface area contributed by atoms with Crippen molar-refractivity contribution in [3.05, 3.63) is 27.8 Å². The first-order valence-electron chi connectivity index (χ1n) is 5.59. The van der Waals surface area contributed by atoms with Gasteiger partial charge >= 0.3 is 5.69 Å². The lowest BCUT2D eigenvalue weighted by Gasteiger charge is -2.30. The molecular weight excluding hydrogens is 302 g/mol. The molecule has 0 aliphatic carbocycles. The summed E-state index contributed by atoms with van der Waals surface area (Å²) in [4.78, 5) is 12.8. The second kappa shape index (κ2) is 5.53. The number of nitrogens with zero attached hydrogens (tertiary/aromatic N) is 2. The van der Waals surface area contributed by atoms with Crippen LogP contribution in [0.15, 0.2) is 12.1 Å². The molecule has 2 rings (SSSR count). The van der Waals surface area contributed by atoms with Crippen molar-refractivity contribution in [1.29, 1.82) is 0 Å². The van der Waals surface area contributed by atoms with Crippen molar-refractivity contribution in [2.75, 3.05) is 36.9 Å². The van der Waals surface area contributed by atoms with Gasteiger partial charge in [-0.2, -0.15) is 0 Å². The number of nitrogens with two attached hydrogens (primary N) is 1. The van der Waals surface area contributed by atoms with E-state index in [0.29, 0.717) is 37.3 Å². The summed E-state index contributed by atoms with van der Waals surface area (Å²) in [7, 11) is 0. The van der Waals surface area contributed by atoms with E-state index in [1.165, 1.54) is 0 Å². The Hall–Kier alpha value is -1.34. The third kappa shape index (κ3) is 2.41. The normalized spacial score (nSPS) is 15.7. The highest BCUT2D eigenvalue weighted by Crippen LogP contribution is 2.38. The minimum absolute atomic E-state index is 0.00569. The minimum Gasteiger partial charge on any atom is -0.393 e. The van der Waals surface area contributed by atoms with Crippen LogP contribution in [0.1, 0.15) is 5.56 Å². The Labute approximate surface area is 113 Å². The van der Waals surface area contributed by atoms with Crippen molar-refractivity contribution in [2.24, 2.45) is 0 Å². The van der Waals surface area contributed by atoms with Gasteiger partial charge in [-0.05, 0) is 11.6 Å². The van der Waals surface area contributed by atoms with Gasteiger partial charge in [0.1, 0.15) is 11.4 Å². The number of halogens is 1. The molecule has 1 aliphatic rings. The molecule has 0 unspecified atom stereocenters. The van der Waals surface area contributed by atoms with Crippen LogP contribution in [0.2, 0.25) is 0 Å². The summed E-state index contributed by atoms with van der Waals surface area (Å²) in [5.41, 5.74) is 7.42. The molecule has 0 aromatic heterocycles. The number of benzene rings is 1. The number of alkyl halides is 1. The summed E-state index contributed by atoms with van der Waals surface area (Å²) in [6, 6.07) is 3.40. The van der Waals surface area contributed by atoms with E-state index in [2.05, 4.69) is 15.9 Å². The van der Waals surface area contributed by atoms with Crippen molar-refractivity contribution < 1.29 is 9.66 Å². The van der Waals surface area contributed by atoms with Crippen LogP contribution in [0.25, 0.3) is 0 Å². The Balaban J connectivity index is 2.52. The van der Waals surface area contributed by atoms with Gasteiger partial charge in [0.2, 0.25) is 0 Å². The molecule has 2 N–H and O–H groups in total. The number of hydrogen-bond acceptors (Lipinski definition) is 5. The van der Waals surface area contributed by atoms with Crippen molar-refractivity contribution in [3.8, 4) is 0 Å². The lowest BCUT2D eigenvalue weighted by atomic mass is 10.1. The second-order valence-corrected chi connectivity index (χ2v) is 4.56. The highest BCUT2D eigenvalue weighted by Gasteiger charge is 2.27. The lowest BCUT2D eigenvalue weighted by Crippen LogP contribution is -2.37. The van der Waals surface area contributed by atoms with Crippen LogP contribution in [0.3, 0.4) is 0 Å². The Morgan fingerprint density at radius 1 is 1.44 bits per heavy atom. The van der Waals surface area contributed by atoms with E-state index in [0.717, 1.165) is 5.56 Å². The van der Waals surface area contributed by atoms with Crippen LogP contribution in [0.5, 0.6) is 0 Å². The molecule has 1 aromatic rings. The topological polar surface area (TPSA) is 81.6 Å². The number of ether oxygens (including phenoxy) is 1. The molecule has 1 aromatic carbocycles. The average molecular weight is 316 g/mol.